The normalized spacial score (nSPS) is 10.6. The summed E-state index contributed by atoms with van der Waals surface area (Å²) in [6.07, 6.45) is 5.33. The molecule has 33 heavy (non-hydrogen) atoms. The first-order chi connectivity index (χ1) is 15.9. The van der Waals surface area contributed by atoms with Crippen LogP contribution in [0, 0.1) is 0 Å². The Morgan fingerprint density at radius 3 is 2.64 bits per heavy atom. The van der Waals surface area contributed by atoms with Crippen LogP contribution in [0.1, 0.15) is 22.8 Å². The van der Waals surface area contributed by atoms with E-state index >= 15 is 0 Å². The van der Waals surface area contributed by atoms with Crippen molar-refractivity contribution in [1.29, 1.82) is 0 Å². The number of hydrogen-bond acceptors (Lipinski definition) is 5. The van der Waals surface area contributed by atoms with Crippen LogP contribution in [0.2, 0.25) is 0 Å². The van der Waals surface area contributed by atoms with Gasteiger partial charge in [0.15, 0.2) is 0 Å². The minimum atomic E-state index is -0.833. The summed E-state index contributed by atoms with van der Waals surface area (Å²) in [6.45, 7) is 1.54. The summed E-state index contributed by atoms with van der Waals surface area (Å²) in [5.74, 6) is -0.547. The highest BCUT2D eigenvalue weighted by Gasteiger charge is 2.16. The highest BCUT2D eigenvalue weighted by molar-refractivity contribution is 6.08. The van der Waals surface area contributed by atoms with Gasteiger partial charge in [0.2, 0.25) is 0 Å². The summed E-state index contributed by atoms with van der Waals surface area (Å²) in [4.78, 5) is 29.3. The molecule has 5 rings (SSSR count). The molecule has 0 spiro atoms. The van der Waals surface area contributed by atoms with Crippen molar-refractivity contribution in [2.45, 2.75) is 13.5 Å². The summed E-state index contributed by atoms with van der Waals surface area (Å²) in [5, 5.41) is 19.3. The van der Waals surface area contributed by atoms with Crippen LogP contribution >= 0.6 is 0 Å². The van der Waals surface area contributed by atoms with Crippen LogP contribution < -0.4 is 11.1 Å². The van der Waals surface area contributed by atoms with Gasteiger partial charge in [-0.1, -0.05) is 30.3 Å². The molecule has 6 N–H and O–H groups in total. The topological polar surface area (TPSA) is 150 Å². The second-order valence-corrected chi connectivity index (χ2v) is 7.40. The highest BCUT2D eigenvalue weighted by Crippen LogP contribution is 2.32. The van der Waals surface area contributed by atoms with E-state index in [2.05, 4.69) is 25.5 Å². The largest absolute Gasteiger partial charge is 0.481 e. The van der Waals surface area contributed by atoms with Crippen molar-refractivity contribution in [2.75, 3.05) is 5.73 Å². The number of nitrogen functional groups attached to an aromatic ring is 1. The van der Waals surface area contributed by atoms with Gasteiger partial charge in [-0.25, -0.2) is 4.98 Å². The number of carboxylic acids is 1. The number of amides is 1. The van der Waals surface area contributed by atoms with Crippen LogP contribution in [-0.4, -0.2) is 37.1 Å². The Morgan fingerprint density at radius 2 is 1.88 bits per heavy atom. The van der Waals surface area contributed by atoms with Crippen molar-refractivity contribution >= 4 is 39.5 Å². The second-order valence-electron chi connectivity index (χ2n) is 7.40. The van der Waals surface area contributed by atoms with E-state index < -0.39 is 5.97 Å². The van der Waals surface area contributed by atoms with Gasteiger partial charge in [0.25, 0.3) is 11.9 Å². The predicted octanol–water partition coefficient (Wildman–Crippen LogP) is 3.71. The van der Waals surface area contributed by atoms with E-state index in [0.29, 0.717) is 23.4 Å². The number of carbonyl (C=O) groups excluding carboxylic acids is 1. The lowest BCUT2D eigenvalue weighted by Gasteiger charge is -2.09. The molecule has 0 saturated carbocycles. The SMILES string of the molecule is CC(=O)O.Nc1cc2c(-c3cc(C(=O)NCc4ccccc4)c4[nH]ncc4c3)c[nH]c2cn1. The number of nitrogens with zero attached hydrogens (tertiary/aromatic N) is 2. The van der Waals surface area contributed by atoms with Gasteiger partial charge in [0, 0.05) is 36.0 Å². The van der Waals surface area contributed by atoms with Crippen molar-refractivity contribution in [3.8, 4) is 11.1 Å². The Balaban J connectivity index is 0.000000601. The van der Waals surface area contributed by atoms with Gasteiger partial charge < -0.3 is 21.1 Å². The average Bonchev–Trinajstić information content (AvgIpc) is 3.43. The van der Waals surface area contributed by atoms with Gasteiger partial charge in [-0.15, -0.1) is 0 Å². The summed E-state index contributed by atoms with van der Waals surface area (Å²) in [6, 6.07) is 15.5. The zero-order valence-electron chi connectivity index (χ0n) is 17.8. The highest BCUT2D eigenvalue weighted by atomic mass is 16.4. The van der Waals surface area contributed by atoms with Crippen molar-refractivity contribution in [3.05, 3.63) is 78.2 Å². The molecule has 9 heteroatoms. The third-order valence-electron chi connectivity index (χ3n) is 4.99. The van der Waals surface area contributed by atoms with Crippen LogP contribution in [0.4, 0.5) is 5.82 Å². The third-order valence-corrected chi connectivity index (χ3v) is 4.99. The maximum absolute atomic E-state index is 13.0. The first kappa shape index (κ1) is 21.6. The number of aromatic amines is 2. The van der Waals surface area contributed by atoms with E-state index in [4.69, 9.17) is 15.6 Å². The predicted molar refractivity (Wildman–Crippen MR) is 127 cm³/mol. The molecule has 166 valence electrons. The van der Waals surface area contributed by atoms with E-state index in [0.717, 1.165) is 39.9 Å². The lowest BCUT2D eigenvalue weighted by atomic mass is 10.00. The number of fused-ring (bicyclic) bond motifs is 2. The van der Waals surface area contributed by atoms with Gasteiger partial charge in [0.1, 0.15) is 5.82 Å². The molecule has 3 heterocycles. The molecule has 0 fully saturated rings. The van der Waals surface area contributed by atoms with Crippen LogP contribution in [0.5, 0.6) is 0 Å². The standard InChI is InChI=1S/C22H18N6O.C2H4O2/c23-20-8-16-18(11-24-19(16)12-25-20)14-6-15-10-27-28-21(15)17(7-14)22(29)26-9-13-4-2-1-3-5-13;1-2(3)4/h1-8,10-12,24H,9H2,(H2,23,25)(H,26,29)(H,27,28);1H3,(H,3,4). The summed E-state index contributed by atoms with van der Waals surface area (Å²) < 4.78 is 0. The van der Waals surface area contributed by atoms with Gasteiger partial charge >= 0.3 is 0 Å². The molecule has 0 saturated heterocycles. The quantitative estimate of drug-likeness (QED) is 0.286. The molecular formula is C24H22N6O3. The van der Waals surface area contributed by atoms with Crippen molar-refractivity contribution < 1.29 is 14.7 Å². The number of aromatic nitrogens is 4. The molecule has 5 aromatic rings. The van der Waals surface area contributed by atoms with Gasteiger partial charge in [-0.05, 0) is 29.3 Å². The number of H-pyrrole nitrogens is 2. The third kappa shape index (κ3) is 4.82. The summed E-state index contributed by atoms with van der Waals surface area (Å²) >= 11 is 0. The zero-order valence-corrected chi connectivity index (χ0v) is 17.8. The molecule has 0 atom stereocenters. The number of carboxylic acid groups (broad SMARTS) is 1. The summed E-state index contributed by atoms with van der Waals surface area (Å²) in [5.41, 5.74) is 10.9. The molecule has 9 nitrogen and oxygen atoms in total. The Hall–Kier alpha value is -4.66. The number of nitrogens with one attached hydrogen (secondary N) is 3. The Morgan fingerprint density at radius 1 is 1.12 bits per heavy atom. The number of anilines is 1. The Labute approximate surface area is 188 Å². The van der Waals surface area contributed by atoms with Crippen molar-refractivity contribution in [3.63, 3.8) is 0 Å². The Bertz CT molecular complexity index is 1430. The van der Waals surface area contributed by atoms with E-state index in [1.165, 1.54) is 0 Å². The molecular weight excluding hydrogens is 420 g/mol. The monoisotopic (exact) mass is 442 g/mol. The fourth-order valence-electron chi connectivity index (χ4n) is 3.54. The van der Waals surface area contributed by atoms with Crippen LogP contribution in [0.15, 0.2) is 67.1 Å². The molecule has 0 unspecified atom stereocenters. The maximum Gasteiger partial charge on any atom is 0.300 e. The van der Waals surface area contributed by atoms with Gasteiger partial charge in [0.05, 0.1) is 29.0 Å². The number of benzene rings is 2. The lowest BCUT2D eigenvalue weighted by Crippen LogP contribution is -2.23. The van der Waals surface area contributed by atoms with Crippen molar-refractivity contribution in [1.82, 2.24) is 25.5 Å². The number of carbonyl (C=O) groups is 2. The molecule has 1 amide bonds. The smallest absolute Gasteiger partial charge is 0.300 e. The Kier molecular flexibility index (Phi) is 6.03. The maximum atomic E-state index is 13.0. The van der Waals surface area contributed by atoms with Crippen LogP contribution in [0.3, 0.4) is 0 Å². The lowest BCUT2D eigenvalue weighted by molar-refractivity contribution is -0.134. The molecule has 0 aliphatic carbocycles. The molecule has 0 aliphatic heterocycles. The zero-order chi connectivity index (χ0) is 23.4. The minimum absolute atomic E-state index is 0.161. The van der Waals surface area contributed by atoms with Gasteiger partial charge in [-0.3, -0.25) is 14.7 Å². The van der Waals surface area contributed by atoms with E-state index in [1.807, 2.05) is 54.7 Å². The van der Waals surface area contributed by atoms with E-state index in [1.54, 1.807) is 12.4 Å². The number of rotatable bonds is 4. The molecule has 3 aromatic heterocycles. The fourth-order valence-corrected chi connectivity index (χ4v) is 3.54. The number of aliphatic carboxylic acids is 1. The molecule has 0 bridgehead atoms. The van der Waals surface area contributed by atoms with E-state index in [9.17, 15) is 4.79 Å². The summed E-state index contributed by atoms with van der Waals surface area (Å²) in [7, 11) is 0. The molecule has 0 aliphatic rings. The van der Waals surface area contributed by atoms with Gasteiger partial charge in [-0.2, -0.15) is 5.10 Å². The number of pyridine rings is 1. The first-order valence-corrected chi connectivity index (χ1v) is 10.1. The first-order valence-electron chi connectivity index (χ1n) is 10.1. The van der Waals surface area contributed by atoms with Crippen LogP contribution in [-0.2, 0) is 11.3 Å². The van der Waals surface area contributed by atoms with E-state index in [-0.39, 0.29) is 5.91 Å². The van der Waals surface area contributed by atoms with Crippen molar-refractivity contribution in [2.24, 2.45) is 0 Å². The average molecular weight is 442 g/mol. The molecule has 0 radical (unpaired) electrons. The second kappa shape index (κ2) is 9.23. The fraction of sp³-hybridized carbons (Fsp3) is 0.0833. The van der Waals surface area contributed by atoms with Crippen LogP contribution in [0.25, 0.3) is 32.9 Å². The number of hydrogen-bond donors (Lipinski definition) is 5. The number of nitrogens with two attached hydrogens (primary N) is 1. The minimum Gasteiger partial charge on any atom is -0.481 e. The molecule has 2 aromatic carbocycles.